The number of aliphatic hydroxyl groups excluding tert-OH is 1. The second-order valence-corrected chi connectivity index (χ2v) is 29.0. The monoisotopic (exact) mass is 1300 g/mol. The van der Waals surface area contributed by atoms with Crippen molar-refractivity contribution in [1.82, 2.24) is 0 Å². The number of unbranched alkanes of at least 4 members (excludes halogenated alkanes) is 34. The van der Waals surface area contributed by atoms with Crippen LogP contribution >= 0.6 is 15.6 Å². The normalized spacial score (nSPS) is 14.5. The highest BCUT2D eigenvalue weighted by molar-refractivity contribution is 7.47. The predicted molar refractivity (Wildman–Crippen MR) is 354 cm³/mol. The zero-order chi connectivity index (χ0) is 65.2. The van der Waals surface area contributed by atoms with Gasteiger partial charge in [0.05, 0.1) is 26.4 Å². The molecule has 0 aromatic heterocycles. The second-order valence-electron chi connectivity index (χ2n) is 26.1. The summed E-state index contributed by atoms with van der Waals surface area (Å²) in [5.74, 6) is 0.0828. The first-order valence-electron chi connectivity index (χ1n) is 35.9. The maximum atomic E-state index is 13.0. The molecule has 0 aliphatic carbocycles. The number of phosphoric ester groups is 2. The van der Waals surface area contributed by atoms with Gasteiger partial charge in [-0.2, -0.15) is 0 Å². The molecule has 0 aliphatic heterocycles. The summed E-state index contributed by atoms with van der Waals surface area (Å²) in [6, 6.07) is 0. The van der Waals surface area contributed by atoms with E-state index in [-0.39, 0.29) is 25.7 Å². The molecular formula is C69H134O17P2. The molecule has 0 aromatic rings. The third-order valence-electron chi connectivity index (χ3n) is 16.2. The van der Waals surface area contributed by atoms with Crippen molar-refractivity contribution in [3.63, 3.8) is 0 Å². The summed E-state index contributed by atoms with van der Waals surface area (Å²) in [5.41, 5.74) is 0. The van der Waals surface area contributed by atoms with Crippen LogP contribution in [0.25, 0.3) is 0 Å². The van der Waals surface area contributed by atoms with E-state index < -0.39 is 97.5 Å². The molecule has 88 heavy (non-hydrogen) atoms. The fourth-order valence-corrected chi connectivity index (χ4v) is 11.9. The fraction of sp³-hybridized carbons (Fsp3) is 0.942. The Morgan fingerprint density at radius 2 is 0.580 bits per heavy atom. The molecule has 0 saturated carbocycles. The van der Waals surface area contributed by atoms with Crippen molar-refractivity contribution in [2.75, 3.05) is 39.6 Å². The van der Waals surface area contributed by atoms with Crippen LogP contribution in [0.5, 0.6) is 0 Å². The van der Waals surface area contributed by atoms with E-state index in [2.05, 4.69) is 48.5 Å². The van der Waals surface area contributed by atoms with Crippen molar-refractivity contribution in [2.45, 2.75) is 362 Å². The molecule has 0 aliphatic rings. The highest BCUT2D eigenvalue weighted by Crippen LogP contribution is 2.45. The van der Waals surface area contributed by atoms with Crippen LogP contribution in [0.2, 0.25) is 0 Å². The summed E-state index contributed by atoms with van der Waals surface area (Å²) in [7, 11) is -9.90. The first-order valence-corrected chi connectivity index (χ1v) is 38.9. The van der Waals surface area contributed by atoms with E-state index in [0.29, 0.717) is 25.7 Å². The van der Waals surface area contributed by atoms with E-state index in [1.54, 1.807) is 0 Å². The van der Waals surface area contributed by atoms with Crippen LogP contribution in [0.4, 0.5) is 0 Å². The van der Waals surface area contributed by atoms with E-state index in [1.807, 2.05) is 0 Å². The molecule has 0 radical (unpaired) electrons. The highest BCUT2D eigenvalue weighted by Gasteiger charge is 2.30. The van der Waals surface area contributed by atoms with Crippen LogP contribution in [0.3, 0.4) is 0 Å². The SMILES string of the molecule is CCCCCCCCCCCCCCCCC(=O)O[C@H](COC(=O)CCCCCCCCCCCC(C)C)COP(=O)(O)OC[C@@H](O)COP(=O)(O)OC[C@@H](COC(=O)CCCCCCCCC(C)CC)OC(=O)CCCCCCCCCCCC(C)C. The number of esters is 4. The number of aliphatic hydroxyl groups is 1. The Balaban J connectivity index is 5.26. The van der Waals surface area contributed by atoms with Gasteiger partial charge in [0, 0.05) is 25.7 Å². The van der Waals surface area contributed by atoms with Gasteiger partial charge in [-0.1, -0.05) is 292 Å². The molecule has 0 fully saturated rings. The smallest absolute Gasteiger partial charge is 0.462 e. The number of rotatable bonds is 67. The number of phosphoric acid groups is 2. The Morgan fingerprint density at radius 3 is 0.864 bits per heavy atom. The summed E-state index contributed by atoms with van der Waals surface area (Å²) in [6.45, 7) is 11.8. The van der Waals surface area contributed by atoms with Crippen molar-refractivity contribution < 1.29 is 80.2 Å². The zero-order valence-corrected chi connectivity index (χ0v) is 59.0. The molecule has 0 rings (SSSR count). The Labute approximate surface area is 537 Å². The van der Waals surface area contributed by atoms with Gasteiger partial charge in [-0.05, 0) is 43.4 Å². The average molecular weight is 1300 g/mol. The third-order valence-corrected chi connectivity index (χ3v) is 18.1. The van der Waals surface area contributed by atoms with E-state index in [1.165, 1.54) is 148 Å². The zero-order valence-electron chi connectivity index (χ0n) is 57.2. The van der Waals surface area contributed by atoms with Crippen molar-refractivity contribution in [3.8, 4) is 0 Å². The molecular weight excluding hydrogens is 1160 g/mol. The lowest BCUT2D eigenvalue weighted by Gasteiger charge is -2.21. The lowest BCUT2D eigenvalue weighted by Crippen LogP contribution is -2.30. The molecule has 17 nitrogen and oxygen atoms in total. The number of ether oxygens (including phenoxy) is 4. The molecule has 0 bridgehead atoms. The number of carbonyl (C=O) groups is 4. The third kappa shape index (κ3) is 61.6. The summed E-state index contributed by atoms with van der Waals surface area (Å²) in [4.78, 5) is 72.5. The lowest BCUT2D eigenvalue weighted by molar-refractivity contribution is -0.161. The maximum absolute atomic E-state index is 13.0. The molecule has 0 saturated heterocycles. The van der Waals surface area contributed by atoms with Crippen LogP contribution in [0, 0.1) is 17.8 Å². The summed E-state index contributed by atoms with van der Waals surface area (Å²) < 4.78 is 68.2. The van der Waals surface area contributed by atoms with Crippen molar-refractivity contribution in [3.05, 3.63) is 0 Å². The van der Waals surface area contributed by atoms with E-state index in [4.69, 9.17) is 37.0 Å². The van der Waals surface area contributed by atoms with Crippen LogP contribution in [-0.2, 0) is 65.4 Å². The van der Waals surface area contributed by atoms with Gasteiger partial charge in [0.25, 0.3) is 0 Å². The minimum atomic E-state index is -4.95. The minimum Gasteiger partial charge on any atom is -0.462 e. The molecule has 0 amide bonds. The largest absolute Gasteiger partial charge is 0.472 e. The first-order chi connectivity index (χ1) is 42.3. The molecule has 0 spiro atoms. The van der Waals surface area contributed by atoms with Gasteiger partial charge in [0.15, 0.2) is 12.2 Å². The number of hydrogen-bond donors (Lipinski definition) is 3. The number of hydrogen-bond acceptors (Lipinski definition) is 15. The van der Waals surface area contributed by atoms with E-state index in [9.17, 15) is 43.2 Å². The summed E-state index contributed by atoms with van der Waals surface area (Å²) >= 11 is 0. The molecule has 3 N–H and O–H groups in total. The van der Waals surface area contributed by atoms with E-state index in [0.717, 1.165) is 114 Å². The second kappa shape index (κ2) is 60.0. The molecule has 0 heterocycles. The lowest BCUT2D eigenvalue weighted by atomic mass is 10.00. The highest BCUT2D eigenvalue weighted by atomic mass is 31.2. The van der Waals surface area contributed by atoms with Gasteiger partial charge in [0.2, 0.25) is 0 Å². The quantitative estimate of drug-likeness (QED) is 0.0222. The van der Waals surface area contributed by atoms with Gasteiger partial charge in [0.1, 0.15) is 19.3 Å². The molecule has 6 atom stereocenters. The number of carbonyl (C=O) groups excluding carboxylic acids is 4. The Morgan fingerprint density at radius 1 is 0.330 bits per heavy atom. The van der Waals surface area contributed by atoms with Gasteiger partial charge >= 0.3 is 39.5 Å². The van der Waals surface area contributed by atoms with Crippen LogP contribution < -0.4 is 0 Å². The average Bonchev–Trinajstić information content (AvgIpc) is 3.64. The summed E-state index contributed by atoms with van der Waals surface area (Å²) in [6.07, 6.45) is 43.0. The fourth-order valence-electron chi connectivity index (χ4n) is 10.3. The van der Waals surface area contributed by atoms with Gasteiger partial charge in [-0.15, -0.1) is 0 Å². The Kier molecular flexibility index (Phi) is 58.7. The van der Waals surface area contributed by atoms with Crippen LogP contribution in [-0.4, -0.2) is 96.7 Å². The van der Waals surface area contributed by atoms with Gasteiger partial charge in [-0.25, -0.2) is 9.13 Å². The molecule has 3 unspecified atom stereocenters. The van der Waals surface area contributed by atoms with Crippen LogP contribution in [0.1, 0.15) is 344 Å². The molecule has 0 aromatic carbocycles. The summed E-state index contributed by atoms with van der Waals surface area (Å²) in [5, 5.41) is 10.6. The Bertz CT molecular complexity index is 1730. The van der Waals surface area contributed by atoms with Gasteiger partial charge in [-0.3, -0.25) is 37.3 Å². The standard InChI is InChI=1S/C69H134O17P2/c1-8-10-11-12-13-14-15-16-17-18-23-29-38-45-52-68(73)85-64(56-79-66(71)50-43-36-28-24-19-21-26-33-40-47-60(3)4)58-83-87(75,76)81-54-63(70)55-82-88(77,78)84-59-65(57-80-67(72)51-44-37-32-31-35-42-49-62(7)9-2)86-69(74)53-46-39-30-25-20-22-27-34-41-48-61(5)6/h60-65,70H,8-59H2,1-7H3,(H,75,76)(H,77,78)/t62?,63-,64-,65-/m1/s1. The topological polar surface area (TPSA) is 237 Å². The van der Waals surface area contributed by atoms with Crippen LogP contribution in [0.15, 0.2) is 0 Å². The van der Waals surface area contributed by atoms with Gasteiger partial charge < -0.3 is 33.8 Å². The molecule has 19 heteroatoms. The first kappa shape index (κ1) is 86.1. The maximum Gasteiger partial charge on any atom is 0.472 e. The van der Waals surface area contributed by atoms with Crippen molar-refractivity contribution in [2.24, 2.45) is 17.8 Å². The molecule has 522 valence electrons. The Hall–Kier alpha value is -1.94. The van der Waals surface area contributed by atoms with Crippen molar-refractivity contribution >= 4 is 39.5 Å². The predicted octanol–water partition coefficient (Wildman–Crippen LogP) is 19.5. The van der Waals surface area contributed by atoms with E-state index >= 15 is 0 Å². The van der Waals surface area contributed by atoms with Crippen molar-refractivity contribution in [1.29, 1.82) is 0 Å². The minimum absolute atomic E-state index is 0.104.